The lowest BCUT2D eigenvalue weighted by atomic mass is 9.96. The molecule has 2 aliphatic rings. The van der Waals surface area contributed by atoms with Gasteiger partial charge in [-0.25, -0.2) is 4.98 Å². The Balaban J connectivity index is 1.71. The van der Waals surface area contributed by atoms with Crippen molar-refractivity contribution >= 4 is 22.6 Å². The van der Waals surface area contributed by atoms with Crippen molar-refractivity contribution < 1.29 is 8.95 Å². The maximum Gasteiger partial charge on any atom is 0.227 e. The molecule has 1 fully saturated rings. The summed E-state index contributed by atoms with van der Waals surface area (Å²) in [5.74, 6) is 3.42. The first-order valence-corrected chi connectivity index (χ1v) is 10.7. The molecule has 1 N–H and O–H groups in total. The normalized spacial score (nSPS) is 20.7. The second kappa shape index (κ2) is 8.45. The van der Waals surface area contributed by atoms with E-state index < -0.39 is 10.8 Å². The number of fused-ring (bicyclic) bond motifs is 1. The van der Waals surface area contributed by atoms with Crippen LogP contribution in [0.5, 0.6) is 0 Å². The van der Waals surface area contributed by atoms with Gasteiger partial charge in [0.05, 0.1) is 16.5 Å². The lowest BCUT2D eigenvalue weighted by Crippen LogP contribution is -2.26. The molecule has 0 spiro atoms. The number of aryl methyl sites for hydroxylation is 1. The van der Waals surface area contributed by atoms with Gasteiger partial charge in [-0.05, 0) is 31.1 Å². The zero-order chi connectivity index (χ0) is 17.8. The summed E-state index contributed by atoms with van der Waals surface area (Å²) >= 11 is 0. The summed E-state index contributed by atoms with van der Waals surface area (Å²) in [4.78, 5) is 12.4. The molecule has 0 unspecified atom stereocenters. The number of anilines is 2. The molecule has 25 heavy (non-hydrogen) atoms. The molecule has 0 bridgehead atoms. The van der Waals surface area contributed by atoms with Crippen LogP contribution in [0.25, 0.3) is 0 Å². The van der Waals surface area contributed by atoms with Gasteiger partial charge in [0.25, 0.3) is 0 Å². The minimum Gasteiger partial charge on any atom is -0.381 e. The molecule has 1 saturated heterocycles. The van der Waals surface area contributed by atoms with Crippen LogP contribution in [0.1, 0.15) is 38.8 Å². The first-order chi connectivity index (χ1) is 12.0. The van der Waals surface area contributed by atoms with Gasteiger partial charge in [0.15, 0.2) is 0 Å². The summed E-state index contributed by atoms with van der Waals surface area (Å²) in [6.45, 7) is 7.86. The average Bonchev–Trinajstić information content (AvgIpc) is 2.99. The van der Waals surface area contributed by atoms with E-state index in [2.05, 4.69) is 31.1 Å². The van der Waals surface area contributed by atoms with E-state index in [0.29, 0.717) is 11.7 Å². The summed E-state index contributed by atoms with van der Waals surface area (Å²) < 4.78 is 17.7. The molecule has 0 aromatic carbocycles. The van der Waals surface area contributed by atoms with E-state index in [1.54, 1.807) is 0 Å². The third-order valence-corrected chi connectivity index (χ3v) is 6.37. The summed E-state index contributed by atoms with van der Waals surface area (Å²) in [5.41, 5.74) is 0.951. The van der Waals surface area contributed by atoms with Gasteiger partial charge < -0.3 is 15.0 Å². The first kappa shape index (κ1) is 18.6. The van der Waals surface area contributed by atoms with E-state index in [0.717, 1.165) is 80.3 Å². The molecule has 0 radical (unpaired) electrons. The average molecular weight is 367 g/mol. The largest absolute Gasteiger partial charge is 0.381 e. The molecule has 1 atom stereocenters. The quantitative estimate of drug-likeness (QED) is 0.800. The second-order valence-electron chi connectivity index (χ2n) is 7.49. The highest BCUT2D eigenvalue weighted by Gasteiger charge is 2.26. The van der Waals surface area contributed by atoms with Crippen molar-refractivity contribution in [2.75, 3.05) is 49.3 Å². The Morgan fingerprint density at radius 3 is 2.80 bits per heavy atom. The highest BCUT2D eigenvalue weighted by molar-refractivity contribution is 7.85. The minimum atomic E-state index is -0.973. The molecule has 2 aliphatic heterocycles. The number of nitrogens with zero attached hydrogens (tertiary/aromatic N) is 3. The van der Waals surface area contributed by atoms with Gasteiger partial charge in [-0.3, -0.25) is 4.21 Å². The standard InChI is InChI=1S/C18H30N4O2S/c1-13(2)12-19-17-16-15(7-11-25(16)23)20-18(21-17)22(3)8-4-14-5-9-24-10-6-14/h13-14H,4-12H2,1-3H3,(H,19,20,21)/t25-/m1/s1. The highest BCUT2D eigenvalue weighted by atomic mass is 32.2. The van der Waals surface area contributed by atoms with Gasteiger partial charge in [0, 0.05) is 45.5 Å². The fraction of sp³-hybridized carbons (Fsp3) is 0.778. The maximum absolute atomic E-state index is 12.3. The Kier molecular flexibility index (Phi) is 6.28. The molecular weight excluding hydrogens is 336 g/mol. The molecule has 6 nitrogen and oxygen atoms in total. The number of ether oxygens (including phenoxy) is 1. The van der Waals surface area contributed by atoms with Gasteiger partial charge in [-0.1, -0.05) is 13.8 Å². The lowest BCUT2D eigenvalue weighted by Gasteiger charge is -2.25. The summed E-state index contributed by atoms with van der Waals surface area (Å²) in [6.07, 6.45) is 4.22. The maximum atomic E-state index is 12.3. The van der Waals surface area contributed by atoms with Crippen LogP contribution < -0.4 is 10.2 Å². The number of nitrogens with one attached hydrogen (secondary N) is 1. The van der Waals surface area contributed by atoms with Crippen LogP contribution in [-0.2, 0) is 22.0 Å². The Labute approximate surface area is 153 Å². The van der Waals surface area contributed by atoms with Crippen molar-refractivity contribution in [3.8, 4) is 0 Å². The number of hydrogen-bond donors (Lipinski definition) is 1. The molecule has 1 aromatic heterocycles. The molecule has 0 aliphatic carbocycles. The van der Waals surface area contributed by atoms with E-state index in [1.807, 2.05) is 0 Å². The third kappa shape index (κ3) is 4.70. The van der Waals surface area contributed by atoms with Crippen molar-refractivity contribution in [2.45, 2.75) is 44.4 Å². The molecule has 7 heteroatoms. The summed E-state index contributed by atoms with van der Waals surface area (Å²) in [5, 5.41) is 3.39. The van der Waals surface area contributed by atoms with Crippen LogP contribution in [0.3, 0.4) is 0 Å². The fourth-order valence-electron chi connectivity index (χ4n) is 3.29. The Morgan fingerprint density at radius 2 is 2.08 bits per heavy atom. The summed E-state index contributed by atoms with van der Waals surface area (Å²) in [6, 6.07) is 0. The Hall–Kier alpha value is -1.21. The molecule has 140 valence electrons. The van der Waals surface area contributed by atoms with Crippen molar-refractivity contribution in [2.24, 2.45) is 11.8 Å². The number of rotatable bonds is 7. The van der Waals surface area contributed by atoms with Crippen LogP contribution in [0, 0.1) is 11.8 Å². The third-order valence-electron chi connectivity index (χ3n) is 4.91. The highest BCUT2D eigenvalue weighted by Crippen LogP contribution is 2.30. The van der Waals surface area contributed by atoms with Crippen molar-refractivity contribution in [3.05, 3.63) is 5.69 Å². The van der Waals surface area contributed by atoms with Crippen molar-refractivity contribution in [1.29, 1.82) is 0 Å². The molecule has 0 amide bonds. The van der Waals surface area contributed by atoms with E-state index >= 15 is 0 Å². The SMILES string of the molecule is CC(C)CNc1nc(N(C)CCC2CCOCC2)nc2c1[S@](=O)CC2. The monoisotopic (exact) mass is 366 g/mol. The molecule has 3 heterocycles. The predicted octanol–water partition coefficient (Wildman–Crippen LogP) is 2.46. The first-order valence-electron chi connectivity index (χ1n) is 9.36. The Morgan fingerprint density at radius 1 is 1.32 bits per heavy atom. The molecular formula is C18H30N4O2S. The second-order valence-corrected chi connectivity index (χ2v) is 9.00. The van der Waals surface area contributed by atoms with E-state index in [4.69, 9.17) is 14.7 Å². The van der Waals surface area contributed by atoms with Crippen LogP contribution in [0.2, 0.25) is 0 Å². The van der Waals surface area contributed by atoms with Crippen LogP contribution in [0.4, 0.5) is 11.8 Å². The minimum absolute atomic E-state index is 0.509. The van der Waals surface area contributed by atoms with E-state index in [9.17, 15) is 4.21 Å². The predicted molar refractivity (Wildman–Crippen MR) is 102 cm³/mol. The smallest absolute Gasteiger partial charge is 0.227 e. The van der Waals surface area contributed by atoms with E-state index in [-0.39, 0.29) is 0 Å². The van der Waals surface area contributed by atoms with E-state index in [1.165, 1.54) is 0 Å². The van der Waals surface area contributed by atoms with Gasteiger partial charge in [0.1, 0.15) is 10.7 Å². The zero-order valence-corrected chi connectivity index (χ0v) is 16.4. The molecule has 0 saturated carbocycles. The fourth-order valence-corrected chi connectivity index (χ4v) is 4.61. The van der Waals surface area contributed by atoms with Crippen LogP contribution in [0.15, 0.2) is 4.90 Å². The topological polar surface area (TPSA) is 67.3 Å². The lowest BCUT2D eigenvalue weighted by molar-refractivity contribution is 0.0645. The van der Waals surface area contributed by atoms with Crippen molar-refractivity contribution in [3.63, 3.8) is 0 Å². The zero-order valence-electron chi connectivity index (χ0n) is 15.6. The van der Waals surface area contributed by atoms with Gasteiger partial charge in [-0.2, -0.15) is 4.98 Å². The van der Waals surface area contributed by atoms with Crippen LogP contribution in [-0.4, -0.2) is 53.3 Å². The Bertz CT molecular complexity index is 617. The summed E-state index contributed by atoms with van der Waals surface area (Å²) in [7, 11) is 1.08. The van der Waals surface area contributed by atoms with Crippen LogP contribution >= 0.6 is 0 Å². The van der Waals surface area contributed by atoms with Gasteiger partial charge in [-0.15, -0.1) is 0 Å². The number of aromatic nitrogens is 2. The van der Waals surface area contributed by atoms with Crippen molar-refractivity contribution in [1.82, 2.24) is 9.97 Å². The van der Waals surface area contributed by atoms with Gasteiger partial charge in [0.2, 0.25) is 5.95 Å². The number of hydrogen-bond acceptors (Lipinski definition) is 6. The van der Waals surface area contributed by atoms with Gasteiger partial charge >= 0.3 is 0 Å². The molecule has 3 rings (SSSR count). The molecule has 1 aromatic rings.